The average molecular weight is 365 g/mol. The lowest BCUT2D eigenvalue weighted by Gasteiger charge is -2.33. The van der Waals surface area contributed by atoms with Crippen LogP contribution in [0.2, 0.25) is 0 Å². The maximum Gasteiger partial charge on any atom is 0.217 e. The minimum Gasteiger partial charge on any atom is -0.351 e. The molecule has 0 bridgehead atoms. The van der Waals surface area contributed by atoms with Crippen LogP contribution >= 0.6 is 0 Å². The number of likely N-dealkylation sites (N-methyl/N-ethyl adjacent to an activating group) is 1. The van der Waals surface area contributed by atoms with E-state index in [1.165, 1.54) is 63.6 Å². The van der Waals surface area contributed by atoms with Crippen LogP contribution in [0.15, 0.2) is 17.1 Å². The highest BCUT2D eigenvalue weighted by atomic mass is 16.1. The molecule has 4 heteroatoms. The fourth-order valence-electron chi connectivity index (χ4n) is 3.81. The number of rotatable bonds is 15. The van der Waals surface area contributed by atoms with Crippen LogP contribution in [0.4, 0.5) is 0 Å². The molecule has 1 unspecified atom stereocenters. The Morgan fingerprint density at radius 2 is 1.77 bits per heavy atom. The second kappa shape index (κ2) is 14.0. The predicted octanol–water partition coefficient (Wildman–Crippen LogP) is 4.85. The van der Waals surface area contributed by atoms with E-state index in [-0.39, 0.29) is 5.91 Å². The first-order chi connectivity index (χ1) is 12.6. The fraction of sp³-hybridized carbons (Fsp3) is 0.818. The number of hydrogen-bond acceptors (Lipinski definition) is 2. The summed E-state index contributed by atoms with van der Waals surface area (Å²) < 4.78 is 0.990. The van der Waals surface area contributed by atoms with Gasteiger partial charge in [0.25, 0.3) is 0 Å². The summed E-state index contributed by atoms with van der Waals surface area (Å²) in [5.74, 6) is 1.44. The molecular weight excluding hydrogens is 322 g/mol. The molecular formula is C22H42N3O+. The summed E-state index contributed by atoms with van der Waals surface area (Å²) in [6.45, 7) is 11.0. The topological polar surface area (TPSA) is 41.5 Å². The van der Waals surface area contributed by atoms with Crippen molar-refractivity contribution in [1.29, 1.82) is 0 Å². The quantitative estimate of drug-likeness (QED) is 0.252. The molecule has 1 aliphatic rings. The lowest BCUT2D eigenvalue weighted by molar-refractivity contribution is -0.833. The Kier molecular flexibility index (Phi) is 12.3. The Balaban J connectivity index is 2.14. The van der Waals surface area contributed by atoms with Gasteiger partial charge in [-0.1, -0.05) is 51.2 Å². The van der Waals surface area contributed by atoms with Crippen molar-refractivity contribution in [3.8, 4) is 0 Å². The molecule has 1 N–H and O–H groups in total. The van der Waals surface area contributed by atoms with Gasteiger partial charge in [-0.3, -0.25) is 9.28 Å². The molecule has 0 saturated heterocycles. The molecule has 1 atom stereocenters. The maximum atomic E-state index is 11.1. The van der Waals surface area contributed by atoms with E-state index >= 15 is 0 Å². The van der Waals surface area contributed by atoms with Crippen molar-refractivity contribution in [3.63, 3.8) is 0 Å². The van der Waals surface area contributed by atoms with Gasteiger partial charge in [0.15, 0.2) is 5.84 Å². The lowest BCUT2D eigenvalue weighted by Crippen LogP contribution is -2.54. The van der Waals surface area contributed by atoms with E-state index < -0.39 is 0 Å². The zero-order valence-electron chi connectivity index (χ0n) is 17.6. The molecule has 0 fully saturated rings. The highest BCUT2D eigenvalue weighted by molar-refractivity contribution is 5.77. The average Bonchev–Trinajstić information content (AvgIpc) is 3.02. The van der Waals surface area contributed by atoms with Crippen molar-refractivity contribution in [3.05, 3.63) is 12.2 Å². The number of nitrogens with one attached hydrogen (secondary N) is 1. The Morgan fingerprint density at radius 1 is 1.08 bits per heavy atom. The minimum absolute atomic E-state index is 0.0674. The number of amidine groups is 1. The van der Waals surface area contributed by atoms with Crippen molar-refractivity contribution >= 4 is 11.7 Å². The molecule has 0 radical (unpaired) electrons. The number of carbonyl (C=O) groups is 1. The molecule has 0 aliphatic carbocycles. The van der Waals surface area contributed by atoms with Crippen LogP contribution < -0.4 is 5.32 Å². The third-order valence-electron chi connectivity index (χ3n) is 5.53. The molecule has 1 aliphatic heterocycles. The SMILES string of the molecule is CCC/C=C/CCCCCCCCC1=NCC[N+]1(CC)CCNC(C)=O. The van der Waals surface area contributed by atoms with E-state index in [9.17, 15) is 4.79 Å². The second-order valence-corrected chi connectivity index (χ2v) is 7.61. The fourth-order valence-corrected chi connectivity index (χ4v) is 3.81. The first-order valence-electron chi connectivity index (χ1n) is 10.9. The second-order valence-electron chi connectivity index (χ2n) is 7.61. The summed E-state index contributed by atoms with van der Waals surface area (Å²) in [5, 5.41) is 2.95. The molecule has 0 aromatic carbocycles. The zero-order valence-corrected chi connectivity index (χ0v) is 17.6. The Labute approximate surface area is 161 Å². The van der Waals surface area contributed by atoms with E-state index in [0.29, 0.717) is 0 Å². The van der Waals surface area contributed by atoms with Crippen LogP contribution in [0, 0.1) is 0 Å². The van der Waals surface area contributed by atoms with Crippen LogP contribution in [-0.4, -0.2) is 48.9 Å². The van der Waals surface area contributed by atoms with Gasteiger partial charge in [0, 0.05) is 13.3 Å². The molecule has 26 heavy (non-hydrogen) atoms. The van der Waals surface area contributed by atoms with Crippen molar-refractivity contribution < 1.29 is 9.28 Å². The van der Waals surface area contributed by atoms with Crippen molar-refractivity contribution in [2.24, 2.45) is 4.99 Å². The Hall–Kier alpha value is -1.16. The molecule has 0 saturated carbocycles. The monoisotopic (exact) mass is 364 g/mol. The molecule has 1 rings (SSSR count). The molecule has 1 amide bonds. The van der Waals surface area contributed by atoms with Crippen LogP contribution in [0.3, 0.4) is 0 Å². The maximum absolute atomic E-state index is 11.1. The van der Waals surface area contributed by atoms with Gasteiger partial charge in [0.1, 0.15) is 13.1 Å². The van der Waals surface area contributed by atoms with Crippen LogP contribution in [0.5, 0.6) is 0 Å². The summed E-state index contributed by atoms with van der Waals surface area (Å²) in [4.78, 5) is 15.9. The van der Waals surface area contributed by atoms with Gasteiger partial charge in [-0.15, -0.1) is 0 Å². The van der Waals surface area contributed by atoms with E-state index in [2.05, 4.69) is 31.3 Å². The summed E-state index contributed by atoms with van der Waals surface area (Å²) in [7, 11) is 0. The molecule has 1 heterocycles. The standard InChI is InChI=1S/C22H41N3O/c1-4-6-7-8-9-10-11-12-13-14-15-16-22-24-18-20-25(22,5-2)19-17-23-21(3)26/h7-8H,4-6,9-20H2,1-3H3/p+1/b8-7+. The van der Waals surface area contributed by atoms with Crippen molar-refractivity contribution in [1.82, 2.24) is 5.32 Å². The number of hydrogen-bond donors (Lipinski definition) is 1. The number of amides is 1. The minimum atomic E-state index is 0.0674. The lowest BCUT2D eigenvalue weighted by atomic mass is 10.1. The third kappa shape index (κ3) is 8.98. The largest absolute Gasteiger partial charge is 0.351 e. The van der Waals surface area contributed by atoms with Crippen molar-refractivity contribution in [2.75, 3.05) is 32.7 Å². The Morgan fingerprint density at radius 3 is 2.46 bits per heavy atom. The highest BCUT2D eigenvalue weighted by Gasteiger charge is 2.35. The molecule has 4 nitrogen and oxygen atoms in total. The van der Waals surface area contributed by atoms with Crippen LogP contribution in [-0.2, 0) is 4.79 Å². The highest BCUT2D eigenvalue weighted by Crippen LogP contribution is 2.20. The smallest absolute Gasteiger partial charge is 0.217 e. The summed E-state index contributed by atoms with van der Waals surface area (Å²) >= 11 is 0. The van der Waals surface area contributed by atoms with E-state index in [1.807, 2.05) is 0 Å². The van der Waals surface area contributed by atoms with Gasteiger partial charge in [0.2, 0.25) is 5.91 Å². The third-order valence-corrected chi connectivity index (χ3v) is 5.53. The number of aliphatic imine (C=N–C) groups is 1. The van der Waals surface area contributed by atoms with Gasteiger partial charge in [-0.2, -0.15) is 0 Å². The van der Waals surface area contributed by atoms with Gasteiger partial charge >= 0.3 is 0 Å². The van der Waals surface area contributed by atoms with Gasteiger partial charge < -0.3 is 5.32 Å². The summed E-state index contributed by atoms with van der Waals surface area (Å²) in [6, 6.07) is 0. The number of allylic oxidation sites excluding steroid dienone is 2. The molecule has 0 aromatic heterocycles. The van der Waals surface area contributed by atoms with Crippen LogP contribution in [0.25, 0.3) is 0 Å². The van der Waals surface area contributed by atoms with Gasteiger partial charge in [0.05, 0.1) is 19.6 Å². The Bertz CT molecular complexity index is 445. The summed E-state index contributed by atoms with van der Waals surface area (Å²) in [6.07, 6.45) is 17.5. The van der Waals surface area contributed by atoms with E-state index in [4.69, 9.17) is 4.99 Å². The van der Waals surface area contributed by atoms with Gasteiger partial charge in [-0.05, 0) is 32.6 Å². The number of quaternary nitrogens is 1. The first kappa shape index (κ1) is 22.9. The number of carbonyl (C=O) groups excluding carboxylic acids is 1. The summed E-state index contributed by atoms with van der Waals surface area (Å²) in [5.41, 5.74) is 0. The predicted molar refractivity (Wildman–Crippen MR) is 113 cm³/mol. The van der Waals surface area contributed by atoms with Crippen molar-refractivity contribution in [2.45, 2.75) is 85.0 Å². The number of unbranched alkanes of at least 4 members (excludes halogenated alkanes) is 7. The number of nitrogens with zero attached hydrogens (tertiary/aromatic N) is 2. The molecule has 0 spiro atoms. The normalized spacial score (nSPS) is 19.9. The molecule has 150 valence electrons. The van der Waals surface area contributed by atoms with E-state index in [1.54, 1.807) is 6.92 Å². The van der Waals surface area contributed by atoms with E-state index in [0.717, 1.165) is 43.6 Å². The zero-order chi connectivity index (χ0) is 19.1. The van der Waals surface area contributed by atoms with Gasteiger partial charge in [-0.25, -0.2) is 4.99 Å². The molecule has 0 aromatic rings. The first-order valence-corrected chi connectivity index (χ1v) is 10.9. The van der Waals surface area contributed by atoms with Crippen LogP contribution in [0.1, 0.15) is 85.0 Å².